The second-order valence-corrected chi connectivity index (χ2v) is 6.27. The third-order valence-corrected chi connectivity index (χ3v) is 4.79. The zero-order chi connectivity index (χ0) is 13.2. The minimum absolute atomic E-state index is 0.169. The van der Waals surface area contributed by atoms with Crippen LogP contribution in [0.25, 0.3) is 0 Å². The first-order chi connectivity index (χ1) is 8.53. The van der Waals surface area contributed by atoms with Crippen molar-refractivity contribution >= 4 is 38.8 Å². The Morgan fingerprint density at radius 2 is 2.06 bits per heavy atom. The maximum absolute atomic E-state index is 11.7. The van der Waals surface area contributed by atoms with E-state index in [0.29, 0.717) is 30.2 Å². The van der Waals surface area contributed by atoms with Gasteiger partial charge in [0.05, 0.1) is 23.0 Å². The Hall–Kier alpha value is -1.27. The van der Waals surface area contributed by atoms with Gasteiger partial charge in [0.15, 0.2) is 0 Å². The molecule has 2 rings (SSSR count). The van der Waals surface area contributed by atoms with E-state index in [1.165, 1.54) is 4.31 Å². The number of amidine groups is 1. The Morgan fingerprint density at radius 1 is 1.39 bits per heavy atom. The summed E-state index contributed by atoms with van der Waals surface area (Å²) in [6, 6.07) is 6.90. The molecule has 0 saturated carbocycles. The fourth-order valence-electron chi connectivity index (χ4n) is 1.82. The molecule has 0 aromatic heterocycles. The molecular formula is C11H14ClN3O2S. The molecule has 5 nitrogen and oxygen atoms in total. The summed E-state index contributed by atoms with van der Waals surface area (Å²) < 4.78 is 24.9. The summed E-state index contributed by atoms with van der Waals surface area (Å²) in [5, 5.41) is 0. The Labute approximate surface area is 111 Å². The van der Waals surface area contributed by atoms with Crippen molar-refractivity contribution in [1.82, 2.24) is 0 Å². The van der Waals surface area contributed by atoms with Crippen molar-refractivity contribution in [2.24, 2.45) is 10.7 Å². The molecule has 2 N–H and O–H groups in total. The highest BCUT2D eigenvalue weighted by molar-refractivity contribution is 7.93. The van der Waals surface area contributed by atoms with E-state index in [2.05, 4.69) is 4.99 Å². The van der Waals surface area contributed by atoms with Crippen molar-refractivity contribution in [3.05, 3.63) is 24.3 Å². The molecule has 1 heterocycles. The smallest absolute Gasteiger partial charge is 0.235 e. The second-order valence-electron chi connectivity index (χ2n) is 3.99. The van der Waals surface area contributed by atoms with Gasteiger partial charge in [0.2, 0.25) is 10.0 Å². The quantitative estimate of drug-likeness (QED) is 0.519. The van der Waals surface area contributed by atoms with Gasteiger partial charge in [0, 0.05) is 6.54 Å². The van der Waals surface area contributed by atoms with E-state index >= 15 is 0 Å². The van der Waals surface area contributed by atoms with E-state index in [9.17, 15) is 8.42 Å². The van der Waals surface area contributed by atoms with Gasteiger partial charge < -0.3 is 5.73 Å². The molecule has 0 radical (unpaired) electrons. The highest BCUT2D eigenvalue weighted by atomic mass is 35.5. The van der Waals surface area contributed by atoms with E-state index in [1.54, 1.807) is 24.3 Å². The molecule has 1 aliphatic heterocycles. The average Bonchev–Trinajstić information content (AvgIpc) is 2.70. The van der Waals surface area contributed by atoms with Gasteiger partial charge in [-0.3, -0.25) is 4.31 Å². The van der Waals surface area contributed by atoms with Gasteiger partial charge in [0.1, 0.15) is 5.84 Å². The molecule has 0 aliphatic carbocycles. The molecular weight excluding hydrogens is 274 g/mol. The van der Waals surface area contributed by atoms with Gasteiger partial charge in [-0.05, 0) is 30.7 Å². The summed E-state index contributed by atoms with van der Waals surface area (Å²) in [6.07, 6.45) is 0.668. The van der Waals surface area contributed by atoms with Crippen LogP contribution in [0, 0.1) is 0 Å². The standard InChI is InChI=1S/C11H14ClN3O2S/c12-8-11(13)14-9-2-4-10(5-3-9)15-6-1-7-18(15,16)17/h2-5H,1,6-8H2,(H2,13,14). The van der Waals surface area contributed by atoms with Crippen molar-refractivity contribution in [1.29, 1.82) is 0 Å². The lowest BCUT2D eigenvalue weighted by molar-refractivity contribution is 0.599. The minimum atomic E-state index is -3.13. The highest BCUT2D eigenvalue weighted by Crippen LogP contribution is 2.26. The van der Waals surface area contributed by atoms with Gasteiger partial charge in [-0.2, -0.15) is 0 Å². The van der Waals surface area contributed by atoms with Crippen LogP contribution >= 0.6 is 11.6 Å². The number of rotatable bonds is 3. The number of aliphatic imine (C=N–C) groups is 1. The summed E-state index contributed by atoms with van der Waals surface area (Å²) >= 11 is 5.53. The lowest BCUT2D eigenvalue weighted by Crippen LogP contribution is -2.24. The number of sulfonamides is 1. The summed E-state index contributed by atoms with van der Waals surface area (Å²) in [7, 11) is -3.13. The average molecular weight is 288 g/mol. The third kappa shape index (κ3) is 2.76. The number of nitrogens with zero attached hydrogens (tertiary/aromatic N) is 2. The van der Waals surface area contributed by atoms with Crippen molar-refractivity contribution in [2.45, 2.75) is 6.42 Å². The van der Waals surface area contributed by atoms with Crippen LogP contribution in [-0.2, 0) is 10.0 Å². The van der Waals surface area contributed by atoms with E-state index < -0.39 is 10.0 Å². The molecule has 0 atom stereocenters. The van der Waals surface area contributed by atoms with Crippen LogP contribution in [-0.4, -0.2) is 32.4 Å². The third-order valence-electron chi connectivity index (χ3n) is 2.65. The molecule has 7 heteroatoms. The summed E-state index contributed by atoms with van der Waals surface area (Å²) in [5.41, 5.74) is 6.84. The Kier molecular flexibility index (Phi) is 3.77. The second kappa shape index (κ2) is 5.16. The number of benzene rings is 1. The first kappa shape index (κ1) is 13.2. The molecule has 0 unspecified atom stereocenters. The molecule has 1 aliphatic rings. The number of hydrogen-bond donors (Lipinski definition) is 1. The van der Waals surface area contributed by atoms with Crippen LogP contribution in [0.5, 0.6) is 0 Å². The van der Waals surface area contributed by atoms with E-state index in [0.717, 1.165) is 0 Å². The Balaban J connectivity index is 2.23. The highest BCUT2D eigenvalue weighted by Gasteiger charge is 2.28. The van der Waals surface area contributed by atoms with E-state index in [4.69, 9.17) is 17.3 Å². The zero-order valence-electron chi connectivity index (χ0n) is 9.71. The predicted molar refractivity (Wildman–Crippen MR) is 74.2 cm³/mol. The predicted octanol–water partition coefficient (Wildman–Crippen LogP) is 1.45. The largest absolute Gasteiger partial charge is 0.386 e. The Morgan fingerprint density at radius 3 is 2.56 bits per heavy atom. The zero-order valence-corrected chi connectivity index (χ0v) is 11.3. The molecule has 1 aromatic rings. The van der Waals surface area contributed by atoms with Gasteiger partial charge in [-0.15, -0.1) is 11.6 Å². The first-order valence-electron chi connectivity index (χ1n) is 5.52. The normalized spacial score (nSPS) is 19.2. The first-order valence-corrected chi connectivity index (χ1v) is 7.67. The van der Waals surface area contributed by atoms with Gasteiger partial charge in [-0.1, -0.05) is 0 Å². The summed E-state index contributed by atoms with van der Waals surface area (Å²) in [6.45, 7) is 0.536. The van der Waals surface area contributed by atoms with E-state index in [1.807, 2.05) is 0 Å². The van der Waals surface area contributed by atoms with Crippen LogP contribution in [0.3, 0.4) is 0 Å². The SMILES string of the molecule is NC(CCl)=Nc1ccc(N2CCCS2(=O)=O)cc1. The van der Waals surface area contributed by atoms with Crippen LogP contribution in [0.2, 0.25) is 0 Å². The molecule has 0 spiro atoms. The molecule has 0 bridgehead atoms. The maximum atomic E-state index is 11.7. The molecule has 98 valence electrons. The number of anilines is 1. The number of halogens is 1. The maximum Gasteiger partial charge on any atom is 0.235 e. The lowest BCUT2D eigenvalue weighted by Gasteiger charge is -2.16. The Bertz CT molecular complexity index is 554. The fourth-order valence-corrected chi connectivity index (χ4v) is 3.44. The van der Waals surface area contributed by atoms with Gasteiger partial charge in [-0.25, -0.2) is 13.4 Å². The van der Waals surface area contributed by atoms with E-state index in [-0.39, 0.29) is 11.6 Å². The fraction of sp³-hybridized carbons (Fsp3) is 0.364. The number of nitrogens with two attached hydrogens (primary N) is 1. The minimum Gasteiger partial charge on any atom is -0.386 e. The van der Waals surface area contributed by atoms with Gasteiger partial charge in [0.25, 0.3) is 0 Å². The van der Waals surface area contributed by atoms with Crippen molar-refractivity contribution in [2.75, 3.05) is 22.5 Å². The van der Waals surface area contributed by atoms with Crippen LogP contribution in [0.15, 0.2) is 29.3 Å². The summed E-state index contributed by atoms with van der Waals surface area (Å²) in [4.78, 5) is 4.08. The molecule has 18 heavy (non-hydrogen) atoms. The number of alkyl halides is 1. The monoisotopic (exact) mass is 287 g/mol. The molecule has 1 fully saturated rings. The number of hydrogen-bond acceptors (Lipinski definition) is 3. The van der Waals surface area contributed by atoms with Gasteiger partial charge >= 0.3 is 0 Å². The molecule has 1 saturated heterocycles. The van der Waals surface area contributed by atoms with Crippen molar-refractivity contribution in [3.8, 4) is 0 Å². The van der Waals surface area contributed by atoms with Crippen LogP contribution < -0.4 is 10.0 Å². The van der Waals surface area contributed by atoms with Crippen molar-refractivity contribution in [3.63, 3.8) is 0 Å². The molecule has 1 aromatic carbocycles. The lowest BCUT2D eigenvalue weighted by atomic mass is 10.3. The van der Waals surface area contributed by atoms with Crippen LogP contribution in [0.4, 0.5) is 11.4 Å². The summed E-state index contributed by atoms with van der Waals surface area (Å²) in [5.74, 6) is 0.715. The van der Waals surface area contributed by atoms with Crippen molar-refractivity contribution < 1.29 is 8.42 Å². The van der Waals surface area contributed by atoms with Crippen LogP contribution in [0.1, 0.15) is 6.42 Å². The molecule has 0 amide bonds. The topological polar surface area (TPSA) is 75.8 Å².